The van der Waals surface area contributed by atoms with Gasteiger partial charge in [-0.05, 0) is 80.5 Å². The molecule has 8 nitrogen and oxygen atoms in total. The summed E-state index contributed by atoms with van der Waals surface area (Å²) >= 11 is 0. The number of aryl methyl sites for hydroxylation is 1. The van der Waals surface area contributed by atoms with Gasteiger partial charge in [-0.25, -0.2) is 4.98 Å². The van der Waals surface area contributed by atoms with Crippen molar-refractivity contribution < 1.29 is 14.3 Å². The maximum Gasteiger partial charge on any atom is 0.294 e. The van der Waals surface area contributed by atoms with Crippen LogP contribution in [0.2, 0.25) is 0 Å². The van der Waals surface area contributed by atoms with Crippen LogP contribution in [0.4, 0.5) is 5.82 Å². The van der Waals surface area contributed by atoms with E-state index in [-0.39, 0.29) is 17.3 Å². The molecular formula is C31H43N5O3. The molecule has 1 aliphatic carbocycles. The van der Waals surface area contributed by atoms with Crippen LogP contribution < -0.4 is 10.1 Å². The highest BCUT2D eigenvalue weighted by Crippen LogP contribution is 2.31. The van der Waals surface area contributed by atoms with Crippen LogP contribution in [0.25, 0.3) is 11.1 Å². The van der Waals surface area contributed by atoms with Gasteiger partial charge in [0.25, 0.3) is 5.91 Å². The molecule has 2 heterocycles. The van der Waals surface area contributed by atoms with Crippen LogP contribution in [0.3, 0.4) is 0 Å². The Bertz CT molecular complexity index is 1210. The van der Waals surface area contributed by atoms with Gasteiger partial charge in [0.05, 0.1) is 12.2 Å². The number of amides is 1. The fraction of sp³-hybridized carbons (Fsp3) is 0.548. The first-order valence-corrected chi connectivity index (χ1v) is 14.4. The van der Waals surface area contributed by atoms with Crippen LogP contribution in [0.15, 0.2) is 36.5 Å². The number of nitrogens with one attached hydrogen (secondary N) is 2. The normalized spacial score (nSPS) is 14.4. The summed E-state index contributed by atoms with van der Waals surface area (Å²) in [5.74, 6) is 2.52. The van der Waals surface area contributed by atoms with E-state index >= 15 is 0 Å². The number of pyridine rings is 1. The molecule has 0 saturated heterocycles. The molecule has 0 radical (unpaired) electrons. The summed E-state index contributed by atoms with van der Waals surface area (Å²) in [7, 11) is 0. The third kappa shape index (κ3) is 8.88. The zero-order valence-electron chi connectivity index (χ0n) is 23.9. The highest BCUT2D eigenvalue weighted by molar-refractivity contribution is 6.01. The summed E-state index contributed by atoms with van der Waals surface area (Å²) in [5.41, 5.74) is 3.09. The summed E-state index contributed by atoms with van der Waals surface area (Å²) in [6.07, 6.45) is 12.0. The number of ether oxygens (including phenoxy) is 2. The minimum Gasteiger partial charge on any atom is -0.491 e. The van der Waals surface area contributed by atoms with Gasteiger partial charge in [0.1, 0.15) is 24.0 Å². The molecule has 4 rings (SSSR count). The number of nitrogens with zero attached hydrogens (tertiary/aromatic N) is 3. The van der Waals surface area contributed by atoms with Gasteiger partial charge in [-0.15, -0.1) is 10.2 Å². The van der Waals surface area contributed by atoms with Crippen molar-refractivity contribution in [3.63, 3.8) is 0 Å². The average Bonchev–Trinajstić information content (AvgIpc) is 3.39. The molecule has 0 spiro atoms. The van der Waals surface area contributed by atoms with E-state index in [9.17, 15) is 4.79 Å². The standard InChI is InChI=1S/C31H43N5O3/c1-5-6-12-23-13-14-25(38-17-18-39-31(2,3)4)21-26(23)24-15-16-32-27(20-24)34-30(37)29-33-28(35-36-29)19-22-10-8-7-9-11-22/h13-16,20-22H,5-12,17-19H2,1-4H3,(H,32,34,37)(H,33,35,36). The molecule has 0 bridgehead atoms. The highest BCUT2D eigenvalue weighted by Gasteiger charge is 2.19. The number of unbranched alkanes of at least 4 members (excludes halogenated alkanes) is 1. The maximum absolute atomic E-state index is 12.9. The molecule has 8 heteroatoms. The molecule has 0 aliphatic heterocycles. The summed E-state index contributed by atoms with van der Waals surface area (Å²) in [6.45, 7) is 9.29. The summed E-state index contributed by atoms with van der Waals surface area (Å²) in [6, 6.07) is 10.1. The van der Waals surface area contributed by atoms with Gasteiger partial charge in [-0.3, -0.25) is 4.79 Å². The Balaban J connectivity index is 1.45. The van der Waals surface area contributed by atoms with Crippen molar-refractivity contribution in [1.82, 2.24) is 20.2 Å². The topological polar surface area (TPSA) is 102 Å². The van der Waals surface area contributed by atoms with Gasteiger partial charge < -0.3 is 19.8 Å². The largest absolute Gasteiger partial charge is 0.491 e. The summed E-state index contributed by atoms with van der Waals surface area (Å²) in [5, 5.41) is 11.2. The third-order valence-corrected chi connectivity index (χ3v) is 7.04. The molecule has 1 fully saturated rings. The highest BCUT2D eigenvalue weighted by atomic mass is 16.5. The number of aromatic nitrogens is 4. The number of hydrogen-bond acceptors (Lipinski definition) is 6. The smallest absolute Gasteiger partial charge is 0.294 e. The van der Waals surface area contributed by atoms with Gasteiger partial charge in [-0.2, -0.15) is 0 Å². The molecule has 1 amide bonds. The lowest BCUT2D eigenvalue weighted by Crippen LogP contribution is -2.22. The molecule has 1 saturated carbocycles. The SMILES string of the molecule is CCCCc1ccc(OCCOC(C)(C)C)cc1-c1ccnc(NC(=O)c2nnc(CC3CCCCC3)[nH]2)c1. The number of carbonyl (C=O) groups is 1. The Morgan fingerprint density at radius 2 is 1.90 bits per heavy atom. The second-order valence-electron chi connectivity index (χ2n) is 11.4. The molecule has 210 valence electrons. The fourth-order valence-electron chi connectivity index (χ4n) is 5.00. The third-order valence-electron chi connectivity index (χ3n) is 7.04. The monoisotopic (exact) mass is 533 g/mol. The van der Waals surface area contributed by atoms with Crippen LogP contribution in [0.5, 0.6) is 5.75 Å². The zero-order chi connectivity index (χ0) is 27.7. The first-order valence-electron chi connectivity index (χ1n) is 14.4. The Kier molecular flexibility index (Phi) is 10.1. The van der Waals surface area contributed by atoms with Crippen molar-refractivity contribution in [2.45, 2.75) is 91.1 Å². The van der Waals surface area contributed by atoms with Crippen LogP contribution in [-0.2, 0) is 17.6 Å². The molecule has 0 atom stereocenters. The van der Waals surface area contributed by atoms with E-state index in [1.54, 1.807) is 6.20 Å². The number of hydrogen-bond donors (Lipinski definition) is 2. The van der Waals surface area contributed by atoms with E-state index in [0.29, 0.717) is 24.9 Å². The number of aromatic amines is 1. The van der Waals surface area contributed by atoms with Gasteiger partial charge in [0.2, 0.25) is 5.82 Å². The van der Waals surface area contributed by atoms with Gasteiger partial charge >= 0.3 is 0 Å². The van der Waals surface area contributed by atoms with Gasteiger partial charge in [0, 0.05) is 12.6 Å². The molecule has 1 aromatic carbocycles. The second kappa shape index (κ2) is 13.7. The minimum absolute atomic E-state index is 0.195. The van der Waals surface area contributed by atoms with Crippen molar-refractivity contribution in [2.75, 3.05) is 18.5 Å². The Hall–Kier alpha value is -3.26. The lowest BCUT2D eigenvalue weighted by Gasteiger charge is -2.20. The lowest BCUT2D eigenvalue weighted by atomic mass is 9.87. The second-order valence-corrected chi connectivity index (χ2v) is 11.4. The van der Waals surface area contributed by atoms with E-state index in [0.717, 1.165) is 48.4 Å². The van der Waals surface area contributed by atoms with Crippen molar-refractivity contribution in [1.29, 1.82) is 0 Å². The number of benzene rings is 1. The first kappa shape index (κ1) is 28.7. The van der Waals surface area contributed by atoms with Crippen molar-refractivity contribution in [3.8, 4) is 16.9 Å². The quantitative estimate of drug-likeness (QED) is 0.249. The summed E-state index contributed by atoms with van der Waals surface area (Å²) in [4.78, 5) is 20.4. The molecule has 2 aromatic heterocycles. The molecule has 2 N–H and O–H groups in total. The number of rotatable bonds is 12. The number of carbonyl (C=O) groups excluding carboxylic acids is 1. The Labute approximate surface area is 232 Å². The van der Waals surface area contributed by atoms with Gasteiger partial charge in [-0.1, -0.05) is 51.5 Å². The molecule has 39 heavy (non-hydrogen) atoms. The predicted molar refractivity (Wildman–Crippen MR) is 154 cm³/mol. The maximum atomic E-state index is 12.9. The molecule has 0 unspecified atom stereocenters. The van der Waals surface area contributed by atoms with Crippen LogP contribution >= 0.6 is 0 Å². The van der Waals surface area contributed by atoms with Crippen LogP contribution in [0.1, 0.15) is 94.6 Å². The minimum atomic E-state index is -0.343. The predicted octanol–water partition coefficient (Wildman–Crippen LogP) is 6.78. The number of H-pyrrole nitrogens is 1. The first-order chi connectivity index (χ1) is 18.8. The molecule has 3 aromatic rings. The van der Waals surface area contributed by atoms with E-state index < -0.39 is 0 Å². The average molecular weight is 534 g/mol. The van der Waals surface area contributed by atoms with Crippen molar-refractivity contribution >= 4 is 11.7 Å². The summed E-state index contributed by atoms with van der Waals surface area (Å²) < 4.78 is 11.8. The molecule has 1 aliphatic rings. The Morgan fingerprint density at radius 3 is 2.67 bits per heavy atom. The van der Waals surface area contributed by atoms with E-state index in [1.807, 2.05) is 39.0 Å². The number of anilines is 1. The van der Waals surface area contributed by atoms with Crippen molar-refractivity contribution in [3.05, 3.63) is 53.7 Å². The zero-order valence-corrected chi connectivity index (χ0v) is 23.9. The van der Waals surface area contributed by atoms with Crippen LogP contribution in [-0.4, -0.2) is 44.9 Å². The van der Waals surface area contributed by atoms with Crippen LogP contribution in [0, 0.1) is 5.92 Å². The van der Waals surface area contributed by atoms with E-state index in [4.69, 9.17) is 9.47 Å². The van der Waals surface area contributed by atoms with E-state index in [2.05, 4.69) is 44.5 Å². The Morgan fingerprint density at radius 1 is 1.08 bits per heavy atom. The van der Waals surface area contributed by atoms with Gasteiger partial charge in [0.15, 0.2) is 0 Å². The lowest BCUT2D eigenvalue weighted by molar-refractivity contribution is -0.0163. The molecular weight excluding hydrogens is 490 g/mol. The van der Waals surface area contributed by atoms with Crippen molar-refractivity contribution in [2.24, 2.45) is 5.92 Å². The fourth-order valence-corrected chi connectivity index (χ4v) is 5.00. The van der Waals surface area contributed by atoms with E-state index in [1.165, 1.54) is 37.7 Å².